The highest BCUT2D eigenvalue weighted by Gasteiger charge is 2.38. The molecule has 1 fully saturated rings. The number of aryl methyl sites for hydroxylation is 1. The molecule has 108 valence electrons. The predicted molar refractivity (Wildman–Crippen MR) is 71.4 cm³/mol. The van der Waals surface area contributed by atoms with Gasteiger partial charge in [-0.25, -0.2) is 4.79 Å². The van der Waals surface area contributed by atoms with E-state index in [-0.39, 0.29) is 11.8 Å². The fourth-order valence-electron chi connectivity index (χ4n) is 3.39. The van der Waals surface area contributed by atoms with Gasteiger partial charge in [0.1, 0.15) is 6.04 Å². The number of rotatable bonds is 2. The summed E-state index contributed by atoms with van der Waals surface area (Å²) < 4.78 is 1.86. The van der Waals surface area contributed by atoms with E-state index in [0.29, 0.717) is 12.1 Å². The summed E-state index contributed by atoms with van der Waals surface area (Å²) in [5, 5.41) is 13.6. The number of fused-ring (bicyclic) bond motifs is 1. The number of carboxylic acids is 1. The maximum Gasteiger partial charge on any atom is 0.326 e. The normalized spacial score (nSPS) is 25.6. The molecule has 1 N–H and O–H groups in total. The zero-order valence-corrected chi connectivity index (χ0v) is 11.6. The Morgan fingerprint density at radius 1 is 1.35 bits per heavy atom. The SMILES string of the molecule is CC1CCCN(C(=O)c2cnn3c2CCC3)C1C(=O)O. The number of carbonyl (C=O) groups is 2. The second-order valence-corrected chi connectivity index (χ2v) is 5.73. The van der Waals surface area contributed by atoms with Gasteiger partial charge in [0.15, 0.2) is 0 Å². The minimum Gasteiger partial charge on any atom is -0.480 e. The molecule has 1 amide bonds. The van der Waals surface area contributed by atoms with Crippen LogP contribution in [0.2, 0.25) is 0 Å². The van der Waals surface area contributed by atoms with Crippen molar-refractivity contribution in [1.82, 2.24) is 14.7 Å². The Balaban J connectivity index is 1.90. The number of piperidine rings is 1. The van der Waals surface area contributed by atoms with Gasteiger partial charge in [-0.3, -0.25) is 9.48 Å². The van der Waals surface area contributed by atoms with Gasteiger partial charge in [-0.1, -0.05) is 6.92 Å². The summed E-state index contributed by atoms with van der Waals surface area (Å²) in [5.74, 6) is -1.09. The Morgan fingerprint density at radius 2 is 2.15 bits per heavy atom. The highest BCUT2D eigenvalue weighted by Crippen LogP contribution is 2.27. The molecule has 2 atom stereocenters. The number of likely N-dealkylation sites (tertiary alicyclic amines) is 1. The van der Waals surface area contributed by atoms with Crippen LogP contribution in [-0.2, 0) is 17.8 Å². The molecule has 2 aliphatic heterocycles. The lowest BCUT2D eigenvalue weighted by molar-refractivity contribution is -0.145. The molecule has 1 aromatic heterocycles. The van der Waals surface area contributed by atoms with Gasteiger partial charge in [-0.2, -0.15) is 5.10 Å². The summed E-state index contributed by atoms with van der Waals surface area (Å²) in [4.78, 5) is 25.7. The number of carbonyl (C=O) groups excluding carboxylic acids is 1. The highest BCUT2D eigenvalue weighted by atomic mass is 16.4. The molecule has 6 heteroatoms. The van der Waals surface area contributed by atoms with Crippen LogP contribution in [0.1, 0.15) is 42.2 Å². The lowest BCUT2D eigenvalue weighted by Gasteiger charge is -2.37. The third-order valence-electron chi connectivity index (χ3n) is 4.41. The van der Waals surface area contributed by atoms with Crippen molar-refractivity contribution in [1.29, 1.82) is 0 Å². The molecule has 2 unspecified atom stereocenters. The monoisotopic (exact) mass is 277 g/mol. The zero-order valence-electron chi connectivity index (χ0n) is 11.6. The molecule has 0 bridgehead atoms. The van der Waals surface area contributed by atoms with Gasteiger partial charge in [0.25, 0.3) is 5.91 Å². The summed E-state index contributed by atoms with van der Waals surface area (Å²) in [5.41, 5.74) is 1.54. The van der Waals surface area contributed by atoms with E-state index in [1.807, 2.05) is 11.6 Å². The number of nitrogens with zero attached hydrogens (tertiary/aromatic N) is 3. The van der Waals surface area contributed by atoms with Crippen LogP contribution in [0.3, 0.4) is 0 Å². The summed E-state index contributed by atoms with van der Waals surface area (Å²) in [6, 6.07) is -0.715. The Kier molecular flexibility index (Phi) is 3.23. The average molecular weight is 277 g/mol. The van der Waals surface area contributed by atoms with E-state index in [2.05, 4.69) is 5.10 Å². The second kappa shape index (κ2) is 4.92. The van der Waals surface area contributed by atoms with Crippen molar-refractivity contribution in [2.45, 2.75) is 45.2 Å². The van der Waals surface area contributed by atoms with Gasteiger partial charge in [0.05, 0.1) is 17.5 Å². The first-order chi connectivity index (χ1) is 9.59. The Labute approximate surface area is 117 Å². The van der Waals surface area contributed by atoms with Crippen LogP contribution >= 0.6 is 0 Å². The molecular formula is C14H19N3O3. The van der Waals surface area contributed by atoms with Crippen molar-refractivity contribution in [3.63, 3.8) is 0 Å². The molecule has 0 radical (unpaired) electrons. The topological polar surface area (TPSA) is 75.4 Å². The van der Waals surface area contributed by atoms with Crippen molar-refractivity contribution in [3.05, 3.63) is 17.5 Å². The fourth-order valence-corrected chi connectivity index (χ4v) is 3.39. The molecule has 3 heterocycles. The number of hydrogen-bond acceptors (Lipinski definition) is 3. The fraction of sp³-hybridized carbons (Fsp3) is 0.643. The Bertz CT molecular complexity index is 552. The number of aromatic nitrogens is 2. The van der Waals surface area contributed by atoms with Crippen LogP contribution in [0.5, 0.6) is 0 Å². The molecule has 2 aliphatic rings. The summed E-state index contributed by atoms with van der Waals surface area (Å²) in [6.45, 7) is 3.27. The van der Waals surface area contributed by atoms with Crippen molar-refractivity contribution in [2.75, 3.05) is 6.54 Å². The second-order valence-electron chi connectivity index (χ2n) is 5.73. The molecule has 1 saturated heterocycles. The van der Waals surface area contributed by atoms with E-state index in [1.54, 1.807) is 6.20 Å². The van der Waals surface area contributed by atoms with E-state index < -0.39 is 12.0 Å². The van der Waals surface area contributed by atoms with E-state index >= 15 is 0 Å². The average Bonchev–Trinajstić information content (AvgIpc) is 2.99. The molecular weight excluding hydrogens is 258 g/mol. The molecule has 3 rings (SSSR count). The highest BCUT2D eigenvalue weighted by molar-refractivity contribution is 5.97. The van der Waals surface area contributed by atoms with Gasteiger partial charge in [0, 0.05) is 13.1 Å². The number of amides is 1. The van der Waals surface area contributed by atoms with E-state index in [1.165, 1.54) is 4.90 Å². The van der Waals surface area contributed by atoms with Crippen LogP contribution in [0.15, 0.2) is 6.20 Å². The number of carboxylic acid groups (broad SMARTS) is 1. The minimum atomic E-state index is -0.908. The van der Waals surface area contributed by atoms with Crippen LogP contribution in [-0.4, -0.2) is 44.3 Å². The summed E-state index contributed by atoms with van der Waals surface area (Å²) in [7, 11) is 0. The van der Waals surface area contributed by atoms with Gasteiger partial charge in [-0.15, -0.1) is 0 Å². The van der Waals surface area contributed by atoms with Gasteiger partial charge >= 0.3 is 5.97 Å². The molecule has 0 aromatic carbocycles. The Hall–Kier alpha value is -1.85. The largest absolute Gasteiger partial charge is 0.480 e. The maximum atomic E-state index is 12.7. The summed E-state index contributed by atoms with van der Waals surface area (Å²) >= 11 is 0. The minimum absolute atomic E-state index is 0.00572. The predicted octanol–water partition coefficient (Wildman–Crippen LogP) is 1.15. The van der Waals surface area contributed by atoms with Gasteiger partial charge < -0.3 is 10.0 Å². The summed E-state index contributed by atoms with van der Waals surface area (Å²) in [6.07, 6.45) is 5.16. The third kappa shape index (κ3) is 1.99. The molecule has 0 aliphatic carbocycles. The molecule has 0 spiro atoms. The third-order valence-corrected chi connectivity index (χ3v) is 4.41. The van der Waals surface area contributed by atoms with Gasteiger partial charge in [0.2, 0.25) is 0 Å². The van der Waals surface area contributed by atoms with Crippen LogP contribution in [0.25, 0.3) is 0 Å². The van der Waals surface area contributed by atoms with Crippen molar-refractivity contribution >= 4 is 11.9 Å². The number of hydrogen-bond donors (Lipinski definition) is 1. The van der Waals surface area contributed by atoms with Crippen molar-refractivity contribution in [3.8, 4) is 0 Å². The van der Waals surface area contributed by atoms with Crippen molar-refractivity contribution in [2.24, 2.45) is 5.92 Å². The molecule has 1 aromatic rings. The van der Waals surface area contributed by atoms with Crippen LogP contribution < -0.4 is 0 Å². The number of aliphatic carboxylic acids is 1. The van der Waals surface area contributed by atoms with E-state index in [4.69, 9.17) is 0 Å². The van der Waals surface area contributed by atoms with Crippen LogP contribution in [0.4, 0.5) is 0 Å². The molecule has 6 nitrogen and oxygen atoms in total. The smallest absolute Gasteiger partial charge is 0.326 e. The van der Waals surface area contributed by atoms with Crippen molar-refractivity contribution < 1.29 is 14.7 Å². The van der Waals surface area contributed by atoms with E-state index in [0.717, 1.165) is 37.9 Å². The lowest BCUT2D eigenvalue weighted by Crippen LogP contribution is -2.52. The maximum absolute atomic E-state index is 12.7. The van der Waals surface area contributed by atoms with E-state index in [9.17, 15) is 14.7 Å². The van der Waals surface area contributed by atoms with Gasteiger partial charge in [-0.05, 0) is 31.6 Å². The standard InChI is InChI=1S/C14H19N3O3/c1-9-4-2-6-16(12(9)14(19)20)13(18)10-8-15-17-7-3-5-11(10)17/h8-9,12H,2-7H2,1H3,(H,19,20). The first-order valence-corrected chi connectivity index (χ1v) is 7.18. The first kappa shape index (κ1) is 13.1. The Morgan fingerprint density at radius 3 is 2.90 bits per heavy atom. The zero-order chi connectivity index (χ0) is 14.3. The molecule has 20 heavy (non-hydrogen) atoms. The first-order valence-electron chi connectivity index (χ1n) is 7.18. The van der Waals surface area contributed by atoms with Crippen LogP contribution in [0, 0.1) is 5.92 Å². The lowest BCUT2D eigenvalue weighted by atomic mass is 9.90. The quantitative estimate of drug-likeness (QED) is 0.880. The molecule has 0 saturated carbocycles.